The summed E-state index contributed by atoms with van der Waals surface area (Å²) in [5, 5.41) is 9.31. The lowest BCUT2D eigenvalue weighted by Gasteiger charge is -2.20. The largest absolute Gasteiger partial charge is 0.491 e. The molecule has 2 rings (SSSR count). The van der Waals surface area contributed by atoms with Gasteiger partial charge in [0.1, 0.15) is 18.4 Å². The van der Waals surface area contributed by atoms with E-state index in [-0.39, 0.29) is 18.7 Å². The van der Waals surface area contributed by atoms with Gasteiger partial charge in [-0.3, -0.25) is 9.59 Å². The topological polar surface area (TPSA) is 92.9 Å². The molecule has 1 aliphatic heterocycles. The predicted octanol–water partition coefficient (Wildman–Crippen LogP) is 1.25. The molecule has 6 nitrogen and oxygen atoms in total. The lowest BCUT2D eigenvalue weighted by Crippen LogP contribution is -2.35. The van der Waals surface area contributed by atoms with Gasteiger partial charge in [0, 0.05) is 23.6 Å². The fourth-order valence-corrected chi connectivity index (χ4v) is 2.33. The number of carboxylic acids is 1. The van der Waals surface area contributed by atoms with E-state index in [0.717, 1.165) is 11.3 Å². The minimum atomic E-state index is -1.10. The van der Waals surface area contributed by atoms with Crippen LogP contribution in [0, 0.1) is 0 Å². The van der Waals surface area contributed by atoms with E-state index < -0.39 is 12.0 Å². The first-order valence-electron chi connectivity index (χ1n) is 6.65. The number of rotatable bonds is 4. The maximum atomic E-state index is 12.2. The van der Waals surface area contributed by atoms with Gasteiger partial charge in [-0.15, -0.1) is 0 Å². The van der Waals surface area contributed by atoms with Crippen LogP contribution < -0.4 is 10.5 Å². The van der Waals surface area contributed by atoms with E-state index in [0.29, 0.717) is 24.7 Å². The maximum absolute atomic E-state index is 12.2. The fourth-order valence-electron chi connectivity index (χ4n) is 2.14. The summed E-state index contributed by atoms with van der Waals surface area (Å²) < 4.78 is 5.58. The number of carboxylic acid groups (broad SMARTS) is 1. The fraction of sp³-hybridized carbons (Fsp3) is 0.429. The third kappa shape index (κ3) is 4.09. The molecule has 0 saturated heterocycles. The molecule has 0 saturated carbocycles. The van der Waals surface area contributed by atoms with Gasteiger partial charge in [0.15, 0.2) is 0 Å². The monoisotopic (exact) mass is 312 g/mol. The standard InChI is InChI=1S/C14H17ClN2O4/c15-10-1-3-12-9(7-10)8-17(5-6-21-12)13(18)4-2-11(16)14(19)20/h1,3,7,11H,2,4-6,8,16H2,(H,19,20). The first kappa shape index (κ1) is 15.6. The smallest absolute Gasteiger partial charge is 0.320 e. The van der Waals surface area contributed by atoms with Crippen molar-refractivity contribution in [2.24, 2.45) is 5.73 Å². The van der Waals surface area contributed by atoms with E-state index >= 15 is 0 Å². The van der Waals surface area contributed by atoms with Crippen molar-refractivity contribution in [1.82, 2.24) is 4.90 Å². The van der Waals surface area contributed by atoms with Gasteiger partial charge in [-0.25, -0.2) is 0 Å². The van der Waals surface area contributed by atoms with Gasteiger partial charge < -0.3 is 20.5 Å². The van der Waals surface area contributed by atoms with Gasteiger partial charge in [0.2, 0.25) is 5.91 Å². The molecule has 1 aliphatic rings. The second-order valence-electron chi connectivity index (χ2n) is 4.90. The van der Waals surface area contributed by atoms with Crippen LogP contribution in [-0.2, 0) is 16.1 Å². The summed E-state index contributed by atoms with van der Waals surface area (Å²) in [6.07, 6.45) is 0.220. The summed E-state index contributed by atoms with van der Waals surface area (Å²) in [4.78, 5) is 24.5. The highest BCUT2D eigenvalue weighted by atomic mass is 35.5. The van der Waals surface area contributed by atoms with Crippen LogP contribution in [0.25, 0.3) is 0 Å². The lowest BCUT2D eigenvalue weighted by atomic mass is 10.1. The number of halogens is 1. The van der Waals surface area contributed by atoms with Crippen molar-refractivity contribution < 1.29 is 19.4 Å². The molecule has 0 spiro atoms. The molecule has 1 atom stereocenters. The molecule has 0 fully saturated rings. The number of fused-ring (bicyclic) bond motifs is 1. The number of ether oxygens (including phenoxy) is 1. The highest BCUT2D eigenvalue weighted by molar-refractivity contribution is 6.30. The van der Waals surface area contributed by atoms with Crippen molar-refractivity contribution in [3.63, 3.8) is 0 Å². The average molecular weight is 313 g/mol. The van der Waals surface area contributed by atoms with E-state index in [1.807, 2.05) is 0 Å². The van der Waals surface area contributed by atoms with Gasteiger partial charge in [-0.2, -0.15) is 0 Å². The number of carbonyl (C=O) groups excluding carboxylic acids is 1. The van der Waals surface area contributed by atoms with Crippen molar-refractivity contribution in [3.05, 3.63) is 28.8 Å². The Morgan fingerprint density at radius 3 is 2.95 bits per heavy atom. The van der Waals surface area contributed by atoms with Crippen LogP contribution in [-0.4, -0.2) is 41.1 Å². The number of hydrogen-bond donors (Lipinski definition) is 2. The van der Waals surface area contributed by atoms with Crippen LogP contribution >= 0.6 is 11.6 Å². The minimum Gasteiger partial charge on any atom is -0.491 e. The van der Waals surface area contributed by atoms with Gasteiger partial charge in [0.25, 0.3) is 0 Å². The Bertz CT molecular complexity index is 550. The maximum Gasteiger partial charge on any atom is 0.320 e. The van der Waals surface area contributed by atoms with Crippen LogP contribution in [0.5, 0.6) is 5.75 Å². The summed E-state index contributed by atoms with van der Waals surface area (Å²) in [5.41, 5.74) is 6.25. The summed E-state index contributed by atoms with van der Waals surface area (Å²) in [5.74, 6) is -0.515. The number of nitrogens with two attached hydrogens (primary N) is 1. The SMILES string of the molecule is NC(CCC(=O)N1CCOc2ccc(Cl)cc2C1)C(=O)O. The molecule has 1 aromatic rings. The molecule has 0 aromatic heterocycles. The minimum absolute atomic E-state index is 0.101. The van der Waals surface area contributed by atoms with Gasteiger partial charge in [-0.05, 0) is 24.6 Å². The second-order valence-corrected chi connectivity index (χ2v) is 5.34. The molecule has 0 aliphatic carbocycles. The summed E-state index contributed by atoms with van der Waals surface area (Å²) >= 11 is 5.95. The number of amides is 1. The van der Waals surface area contributed by atoms with Crippen LogP contribution in [0.2, 0.25) is 5.02 Å². The Hall–Kier alpha value is -1.79. The van der Waals surface area contributed by atoms with Crippen molar-refractivity contribution in [1.29, 1.82) is 0 Å². The van der Waals surface area contributed by atoms with Crippen LogP contribution in [0.4, 0.5) is 0 Å². The van der Waals surface area contributed by atoms with Crippen LogP contribution in [0.3, 0.4) is 0 Å². The van der Waals surface area contributed by atoms with Gasteiger partial charge in [0.05, 0.1) is 6.54 Å². The Morgan fingerprint density at radius 1 is 1.48 bits per heavy atom. The Labute approximate surface area is 127 Å². The molecule has 1 amide bonds. The second kappa shape index (κ2) is 6.78. The van der Waals surface area contributed by atoms with Crippen LogP contribution in [0.15, 0.2) is 18.2 Å². The molecule has 114 valence electrons. The van der Waals surface area contributed by atoms with E-state index in [4.69, 9.17) is 27.2 Å². The predicted molar refractivity (Wildman–Crippen MR) is 77.2 cm³/mol. The summed E-state index contributed by atoms with van der Waals surface area (Å²) in [7, 11) is 0. The van der Waals surface area contributed by atoms with E-state index in [2.05, 4.69) is 0 Å². The quantitative estimate of drug-likeness (QED) is 0.873. The molecule has 7 heteroatoms. The highest BCUT2D eigenvalue weighted by Gasteiger charge is 2.21. The van der Waals surface area contributed by atoms with Gasteiger partial charge in [-0.1, -0.05) is 11.6 Å². The summed E-state index contributed by atoms with van der Waals surface area (Å²) in [6.45, 7) is 1.25. The number of hydrogen-bond acceptors (Lipinski definition) is 4. The van der Waals surface area contributed by atoms with E-state index in [9.17, 15) is 9.59 Å². The summed E-state index contributed by atoms with van der Waals surface area (Å²) in [6, 6.07) is 4.28. The van der Waals surface area contributed by atoms with Crippen molar-refractivity contribution in [2.45, 2.75) is 25.4 Å². The lowest BCUT2D eigenvalue weighted by molar-refractivity contribution is -0.139. The van der Waals surface area contributed by atoms with Gasteiger partial charge >= 0.3 is 5.97 Å². The Kier molecular flexibility index (Phi) is 5.03. The molecule has 1 unspecified atom stereocenters. The molecule has 1 aromatic carbocycles. The van der Waals surface area contributed by atoms with Crippen molar-refractivity contribution >= 4 is 23.5 Å². The third-order valence-corrected chi connectivity index (χ3v) is 3.58. The molecule has 0 bridgehead atoms. The van der Waals surface area contributed by atoms with E-state index in [1.165, 1.54) is 0 Å². The van der Waals surface area contributed by atoms with Crippen molar-refractivity contribution in [3.8, 4) is 5.75 Å². The normalized spacial score (nSPS) is 15.6. The average Bonchev–Trinajstić information content (AvgIpc) is 2.65. The number of benzene rings is 1. The Morgan fingerprint density at radius 2 is 2.24 bits per heavy atom. The molecule has 1 heterocycles. The zero-order valence-electron chi connectivity index (χ0n) is 11.4. The zero-order chi connectivity index (χ0) is 15.4. The first-order chi connectivity index (χ1) is 9.97. The van der Waals surface area contributed by atoms with E-state index in [1.54, 1.807) is 23.1 Å². The highest BCUT2D eigenvalue weighted by Crippen LogP contribution is 2.26. The molecule has 3 N–H and O–H groups in total. The molecule has 0 radical (unpaired) electrons. The first-order valence-corrected chi connectivity index (χ1v) is 7.02. The molecular formula is C14H17ClN2O4. The third-order valence-electron chi connectivity index (χ3n) is 3.34. The van der Waals surface area contributed by atoms with Crippen molar-refractivity contribution in [2.75, 3.05) is 13.2 Å². The Balaban J connectivity index is 2.00. The van der Waals surface area contributed by atoms with Crippen LogP contribution in [0.1, 0.15) is 18.4 Å². The number of carbonyl (C=O) groups is 2. The number of nitrogens with zero attached hydrogens (tertiary/aromatic N) is 1. The number of aliphatic carboxylic acids is 1. The zero-order valence-corrected chi connectivity index (χ0v) is 12.2. The molecular weight excluding hydrogens is 296 g/mol. The molecule has 21 heavy (non-hydrogen) atoms.